The number of carbonyl (C=O) groups is 2. The lowest BCUT2D eigenvalue weighted by molar-refractivity contribution is -0.137. The van der Waals surface area contributed by atoms with E-state index >= 15 is 0 Å². The minimum Gasteiger partial charge on any atom is -0.261 e. The summed E-state index contributed by atoms with van der Waals surface area (Å²) in [6.45, 7) is 3.13. The highest BCUT2D eigenvalue weighted by Crippen LogP contribution is 2.30. The largest absolute Gasteiger partial charge is 0.416 e. The molecule has 1 aromatic heterocycles. The standard InChI is InChI=1S/C19H21F3N4O4S/c1-5-15-10-16(13-6-8-14(9-7-13)19(20,21)22)24-26(15)18(28)17(27)25(3)23-12(2)11-31(4,29)30/h6-10H,5,11H2,1-4H3. The Kier molecular flexibility index (Phi) is 7.04. The highest BCUT2D eigenvalue weighted by atomic mass is 32.2. The van der Waals surface area contributed by atoms with Crippen molar-refractivity contribution in [2.75, 3.05) is 19.1 Å². The van der Waals surface area contributed by atoms with Crippen molar-refractivity contribution in [3.05, 3.63) is 41.6 Å². The topological polar surface area (TPSA) is 102 Å². The van der Waals surface area contributed by atoms with Gasteiger partial charge in [0.05, 0.1) is 22.7 Å². The lowest BCUT2D eigenvalue weighted by Crippen LogP contribution is -2.35. The number of hydrogen-bond donors (Lipinski definition) is 0. The molecule has 31 heavy (non-hydrogen) atoms. The van der Waals surface area contributed by atoms with E-state index in [0.29, 0.717) is 17.7 Å². The first-order valence-electron chi connectivity index (χ1n) is 9.03. The van der Waals surface area contributed by atoms with Crippen LogP contribution in [-0.2, 0) is 27.2 Å². The van der Waals surface area contributed by atoms with E-state index in [1.165, 1.54) is 32.2 Å². The number of aryl methyl sites for hydroxylation is 1. The molecule has 0 N–H and O–H groups in total. The van der Waals surface area contributed by atoms with E-state index in [-0.39, 0.29) is 17.2 Å². The molecule has 0 atom stereocenters. The lowest BCUT2D eigenvalue weighted by Gasteiger charge is -2.12. The number of hydrazone groups is 1. The molecule has 12 heteroatoms. The summed E-state index contributed by atoms with van der Waals surface area (Å²) in [6.07, 6.45) is -3.14. The molecule has 0 aliphatic carbocycles. The van der Waals surface area contributed by atoms with E-state index < -0.39 is 33.4 Å². The molecule has 0 aliphatic heterocycles. The van der Waals surface area contributed by atoms with Crippen molar-refractivity contribution < 1.29 is 31.2 Å². The Morgan fingerprint density at radius 1 is 1.19 bits per heavy atom. The molecule has 168 valence electrons. The quantitative estimate of drug-likeness (QED) is 0.390. The molecule has 1 amide bonds. The Hall–Kier alpha value is -3.02. The van der Waals surface area contributed by atoms with E-state index in [4.69, 9.17) is 0 Å². The van der Waals surface area contributed by atoms with Crippen LogP contribution in [0.2, 0.25) is 0 Å². The molecule has 0 unspecified atom stereocenters. The molecule has 2 rings (SSSR count). The summed E-state index contributed by atoms with van der Waals surface area (Å²) in [6, 6.07) is 5.77. The molecule has 1 aromatic carbocycles. The summed E-state index contributed by atoms with van der Waals surface area (Å²) in [7, 11) is -2.15. The summed E-state index contributed by atoms with van der Waals surface area (Å²) in [5.74, 6) is -2.46. The van der Waals surface area contributed by atoms with Crippen molar-refractivity contribution in [1.82, 2.24) is 14.8 Å². The molecule has 0 fully saturated rings. The molecule has 0 bridgehead atoms. The molecular formula is C19H21F3N4O4S. The zero-order valence-corrected chi connectivity index (χ0v) is 18.1. The van der Waals surface area contributed by atoms with Gasteiger partial charge in [0, 0.05) is 24.6 Å². The summed E-state index contributed by atoms with van der Waals surface area (Å²) < 4.78 is 61.7. The van der Waals surface area contributed by atoms with E-state index in [9.17, 15) is 31.2 Å². The summed E-state index contributed by atoms with van der Waals surface area (Å²) in [4.78, 5) is 25.1. The minimum atomic E-state index is -4.48. The number of alkyl halides is 3. The number of benzene rings is 1. The van der Waals surface area contributed by atoms with Crippen molar-refractivity contribution in [2.24, 2.45) is 5.10 Å². The zero-order valence-electron chi connectivity index (χ0n) is 17.3. The van der Waals surface area contributed by atoms with Crippen molar-refractivity contribution >= 4 is 27.4 Å². The molecule has 0 aliphatic rings. The van der Waals surface area contributed by atoms with Crippen LogP contribution < -0.4 is 0 Å². The van der Waals surface area contributed by atoms with Crippen molar-refractivity contribution in [2.45, 2.75) is 26.4 Å². The summed E-state index contributed by atoms with van der Waals surface area (Å²) >= 11 is 0. The monoisotopic (exact) mass is 458 g/mol. The second kappa shape index (κ2) is 9.00. The van der Waals surface area contributed by atoms with Gasteiger partial charge in [-0.05, 0) is 31.5 Å². The van der Waals surface area contributed by atoms with Gasteiger partial charge in [-0.1, -0.05) is 19.1 Å². The lowest BCUT2D eigenvalue weighted by atomic mass is 10.1. The van der Waals surface area contributed by atoms with Gasteiger partial charge in [0.2, 0.25) is 0 Å². The van der Waals surface area contributed by atoms with Crippen LogP contribution in [0.3, 0.4) is 0 Å². The smallest absolute Gasteiger partial charge is 0.261 e. The zero-order chi connectivity index (χ0) is 23.6. The van der Waals surface area contributed by atoms with Crippen molar-refractivity contribution in [3.8, 4) is 11.3 Å². The van der Waals surface area contributed by atoms with Gasteiger partial charge in [-0.2, -0.15) is 28.1 Å². The summed E-state index contributed by atoms with van der Waals surface area (Å²) in [5.41, 5.74) is 0.246. The van der Waals surface area contributed by atoms with Gasteiger partial charge in [-0.15, -0.1) is 0 Å². The first-order chi connectivity index (χ1) is 14.2. The van der Waals surface area contributed by atoms with Crippen LogP contribution >= 0.6 is 0 Å². The average Bonchev–Trinajstić information content (AvgIpc) is 3.09. The number of halogens is 3. The maximum atomic E-state index is 12.7. The Morgan fingerprint density at radius 2 is 1.77 bits per heavy atom. The fraction of sp³-hybridized carbons (Fsp3) is 0.368. The van der Waals surface area contributed by atoms with E-state index in [1.54, 1.807) is 6.92 Å². The van der Waals surface area contributed by atoms with Crippen molar-refractivity contribution in [3.63, 3.8) is 0 Å². The maximum Gasteiger partial charge on any atom is 0.416 e. The third-order valence-electron chi connectivity index (χ3n) is 4.11. The molecule has 0 radical (unpaired) electrons. The number of rotatable bonds is 5. The number of nitrogens with zero attached hydrogens (tertiary/aromatic N) is 4. The molecule has 1 heterocycles. The van der Waals surface area contributed by atoms with Gasteiger partial charge in [0.1, 0.15) is 0 Å². The maximum absolute atomic E-state index is 12.7. The van der Waals surface area contributed by atoms with Crippen LogP contribution in [0.15, 0.2) is 35.4 Å². The van der Waals surface area contributed by atoms with E-state index in [2.05, 4.69) is 10.2 Å². The normalized spacial score (nSPS) is 12.7. The average molecular weight is 458 g/mol. The van der Waals surface area contributed by atoms with Crippen LogP contribution in [0.4, 0.5) is 13.2 Å². The van der Waals surface area contributed by atoms with E-state index in [0.717, 1.165) is 28.1 Å². The SMILES string of the molecule is CCc1cc(-c2ccc(C(F)(F)F)cc2)nn1C(=O)C(=O)N(C)N=C(C)CS(C)(=O)=O. The predicted molar refractivity (Wildman–Crippen MR) is 108 cm³/mol. The van der Waals surface area contributed by atoms with Gasteiger partial charge >= 0.3 is 18.0 Å². The number of carbonyl (C=O) groups excluding carboxylic acids is 2. The molecule has 0 saturated heterocycles. The second-order valence-electron chi connectivity index (χ2n) is 6.90. The first kappa shape index (κ1) is 24.3. The Bertz CT molecular complexity index is 1120. The molecule has 2 aromatic rings. The number of amides is 1. The Labute approximate surface area is 177 Å². The first-order valence-corrected chi connectivity index (χ1v) is 11.1. The van der Waals surface area contributed by atoms with Gasteiger partial charge in [-0.3, -0.25) is 9.59 Å². The molecule has 0 saturated carbocycles. The number of likely N-dealkylation sites (N-methyl/N-ethyl adjacent to an activating group) is 1. The molecule has 0 spiro atoms. The van der Waals surface area contributed by atoms with E-state index in [1.807, 2.05) is 0 Å². The van der Waals surface area contributed by atoms with Crippen LogP contribution in [0, 0.1) is 0 Å². The van der Waals surface area contributed by atoms with Crippen LogP contribution in [-0.4, -0.2) is 59.8 Å². The highest BCUT2D eigenvalue weighted by molar-refractivity contribution is 7.91. The third kappa shape index (κ3) is 6.23. The van der Waals surface area contributed by atoms with Gasteiger partial charge < -0.3 is 0 Å². The van der Waals surface area contributed by atoms with Gasteiger partial charge in [-0.25, -0.2) is 13.4 Å². The second-order valence-corrected chi connectivity index (χ2v) is 9.04. The fourth-order valence-electron chi connectivity index (χ4n) is 2.76. The predicted octanol–water partition coefficient (Wildman–Crippen LogP) is 2.65. The highest BCUT2D eigenvalue weighted by Gasteiger charge is 2.30. The van der Waals surface area contributed by atoms with Crippen LogP contribution in [0.1, 0.15) is 29.9 Å². The molecule has 8 nitrogen and oxygen atoms in total. The molecular weight excluding hydrogens is 437 g/mol. The number of sulfone groups is 1. The third-order valence-corrected chi connectivity index (χ3v) is 5.06. The number of aromatic nitrogens is 2. The van der Waals surface area contributed by atoms with Crippen molar-refractivity contribution in [1.29, 1.82) is 0 Å². The minimum absolute atomic E-state index is 0.118. The van der Waals surface area contributed by atoms with Gasteiger partial charge in [0.15, 0.2) is 9.84 Å². The Balaban J connectivity index is 2.30. The van der Waals surface area contributed by atoms with Crippen LogP contribution in [0.25, 0.3) is 11.3 Å². The summed E-state index contributed by atoms with van der Waals surface area (Å²) in [5, 5.41) is 8.62. The van der Waals surface area contributed by atoms with Crippen LogP contribution in [0.5, 0.6) is 0 Å². The fourth-order valence-corrected chi connectivity index (χ4v) is 3.57. The van der Waals surface area contributed by atoms with Gasteiger partial charge in [0.25, 0.3) is 0 Å². The Morgan fingerprint density at radius 3 is 2.26 bits per heavy atom. The number of hydrogen-bond acceptors (Lipinski definition) is 6.